The van der Waals surface area contributed by atoms with Crippen molar-refractivity contribution in [2.24, 2.45) is 5.92 Å². The molecular formula is C12H20N4O. The molecule has 94 valence electrons. The molecule has 0 spiro atoms. The summed E-state index contributed by atoms with van der Waals surface area (Å²) in [4.78, 5) is 10.4. The molecule has 1 unspecified atom stereocenters. The Labute approximate surface area is 102 Å². The molecule has 2 rings (SSSR count). The van der Waals surface area contributed by atoms with Gasteiger partial charge in [0.15, 0.2) is 0 Å². The van der Waals surface area contributed by atoms with Crippen molar-refractivity contribution >= 4 is 11.6 Å². The first-order chi connectivity index (χ1) is 8.18. The maximum Gasteiger partial charge on any atom is 0.136 e. The van der Waals surface area contributed by atoms with Crippen LogP contribution in [0.5, 0.6) is 0 Å². The molecule has 0 saturated carbocycles. The molecule has 17 heavy (non-hydrogen) atoms. The van der Waals surface area contributed by atoms with Gasteiger partial charge in [0.1, 0.15) is 18.0 Å². The van der Waals surface area contributed by atoms with Crippen molar-refractivity contribution in [3.8, 4) is 0 Å². The third-order valence-electron chi connectivity index (χ3n) is 3.24. The number of aromatic nitrogens is 2. The highest BCUT2D eigenvalue weighted by Crippen LogP contribution is 2.22. The van der Waals surface area contributed by atoms with Gasteiger partial charge in [-0.05, 0) is 25.7 Å². The van der Waals surface area contributed by atoms with Gasteiger partial charge >= 0.3 is 0 Å². The average molecular weight is 236 g/mol. The number of nitrogen functional groups attached to an aromatic ring is 1. The van der Waals surface area contributed by atoms with Crippen molar-refractivity contribution in [1.29, 1.82) is 0 Å². The predicted octanol–water partition coefficient (Wildman–Crippen LogP) is 1.23. The van der Waals surface area contributed by atoms with Crippen LogP contribution in [-0.4, -0.2) is 36.8 Å². The van der Waals surface area contributed by atoms with E-state index in [2.05, 4.69) is 14.9 Å². The second-order valence-electron chi connectivity index (χ2n) is 4.67. The fraction of sp³-hybridized carbons (Fsp3) is 0.667. The summed E-state index contributed by atoms with van der Waals surface area (Å²) in [5.74, 6) is 2.06. The Morgan fingerprint density at radius 2 is 2.35 bits per heavy atom. The molecule has 0 aliphatic carbocycles. The zero-order chi connectivity index (χ0) is 12.3. The second-order valence-corrected chi connectivity index (χ2v) is 4.67. The highest BCUT2D eigenvalue weighted by atomic mass is 16.5. The predicted molar refractivity (Wildman–Crippen MR) is 68.0 cm³/mol. The molecule has 5 nitrogen and oxygen atoms in total. The minimum absolute atomic E-state index is 0.557. The zero-order valence-electron chi connectivity index (χ0n) is 10.5. The standard InChI is InChI=1S/C12H20N4O/c1-9-11(13)14-8-15-12(9)16(2)6-10-4-3-5-17-7-10/h8,10H,3-7H2,1-2H3,(H2,13,14,15). The molecule has 1 aromatic rings. The quantitative estimate of drug-likeness (QED) is 0.855. The molecule has 2 N–H and O–H groups in total. The zero-order valence-corrected chi connectivity index (χ0v) is 10.5. The van der Waals surface area contributed by atoms with E-state index in [1.54, 1.807) is 0 Å². The van der Waals surface area contributed by atoms with E-state index in [-0.39, 0.29) is 0 Å². The van der Waals surface area contributed by atoms with Gasteiger partial charge in [-0.15, -0.1) is 0 Å². The Morgan fingerprint density at radius 1 is 1.53 bits per heavy atom. The molecule has 0 amide bonds. The normalized spacial score (nSPS) is 20.2. The summed E-state index contributed by atoms with van der Waals surface area (Å²) in [5.41, 5.74) is 6.74. The Morgan fingerprint density at radius 3 is 3.06 bits per heavy atom. The Bertz CT molecular complexity index is 377. The fourth-order valence-corrected chi connectivity index (χ4v) is 2.26. The summed E-state index contributed by atoms with van der Waals surface area (Å²) in [6.45, 7) is 4.67. The molecule has 1 saturated heterocycles. The monoisotopic (exact) mass is 236 g/mol. The van der Waals surface area contributed by atoms with E-state index in [1.165, 1.54) is 12.7 Å². The Kier molecular flexibility index (Phi) is 3.78. The third-order valence-corrected chi connectivity index (χ3v) is 3.24. The van der Waals surface area contributed by atoms with E-state index in [1.807, 2.05) is 14.0 Å². The minimum atomic E-state index is 0.557. The highest BCUT2D eigenvalue weighted by Gasteiger charge is 2.18. The lowest BCUT2D eigenvalue weighted by molar-refractivity contribution is 0.0576. The Balaban J connectivity index is 2.03. The molecule has 1 aromatic heterocycles. The molecule has 5 heteroatoms. The van der Waals surface area contributed by atoms with Crippen molar-refractivity contribution in [2.75, 3.05) is 37.4 Å². The molecule has 1 aliphatic heterocycles. The lowest BCUT2D eigenvalue weighted by atomic mass is 10.0. The number of nitrogens with two attached hydrogens (primary N) is 1. The van der Waals surface area contributed by atoms with Gasteiger partial charge in [0.25, 0.3) is 0 Å². The third kappa shape index (κ3) is 2.85. The topological polar surface area (TPSA) is 64.3 Å². The number of nitrogens with zero attached hydrogens (tertiary/aromatic N) is 3. The van der Waals surface area contributed by atoms with Crippen LogP contribution in [0.2, 0.25) is 0 Å². The number of rotatable bonds is 3. The van der Waals surface area contributed by atoms with Gasteiger partial charge in [-0.3, -0.25) is 0 Å². The number of ether oxygens (including phenoxy) is 1. The fourth-order valence-electron chi connectivity index (χ4n) is 2.26. The number of anilines is 2. The molecule has 2 heterocycles. The highest BCUT2D eigenvalue weighted by molar-refractivity contribution is 5.55. The molecule has 0 bridgehead atoms. The van der Waals surface area contributed by atoms with Crippen molar-refractivity contribution in [2.45, 2.75) is 19.8 Å². The van der Waals surface area contributed by atoms with Crippen LogP contribution in [0.1, 0.15) is 18.4 Å². The summed E-state index contributed by atoms with van der Waals surface area (Å²) < 4.78 is 5.49. The van der Waals surface area contributed by atoms with Gasteiger partial charge in [-0.1, -0.05) is 0 Å². The van der Waals surface area contributed by atoms with Gasteiger partial charge in [0, 0.05) is 25.8 Å². The summed E-state index contributed by atoms with van der Waals surface area (Å²) >= 11 is 0. The number of hydrogen-bond acceptors (Lipinski definition) is 5. The lowest BCUT2D eigenvalue weighted by Crippen LogP contribution is -2.31. The van der Waals surface area contributed by atoms with E-state index in [0.717, 1.165) is 37.6 Å². The van der Waals surface area contributed by atoms with E-state index in [4.69, 9.17) is 10.5 Å². The molecule has 1 fully saturated rings. The van der Waals surface area contributed by atoms with Gasteiger partial charge in [-0.25, -0.2) is 9.97 Å². The largest absolute Gasteiger partial charge is 0.383 e. The maximum atomic E-state index is 5.79. The van der Waals surface area contributed by atoms with Crippen LogP contribution in [0.25, 0.3) is 0 Å². The maximum absolute atomic E-state index is 5.79. The molecule has 0 radical (unpaired) electrons. The lowest BCUT2D eigenvalue weighted by Gasteiger charge is -2.28. The van der Waals surface area contributed by atoms with Crippen LogP contribution in [0.4, 0.5) is 11.6 Å². The van der Waals surface area contributed by atoms with Crippen molar-refractivity contribution in [3.05, 3.63) is 11.9 Å². The molecule has 1 atom stereocenters. The van der Waals surface area contributed by atoms with Crippen molar-refractivity contribution in [3.63, 3.8) is 0 Å². The van der Waals surface area contributed by atoms with Gasteiger partial charge in [-0.2, -0.15) is 0 Å². The second kappa shape index (κ2) is 5.31. The van der Waals surface area contributed by atoms with Crippen LogP contribution in [0, 0.1) is 12.8 Å². The Hall–Kier alpha value is -1.36. The van der Waals surface area contributed by atoms with E-state index in [9.17, 15) is 0 Å². The summed E-state index contributed by atoms with van der Waals surface area (Å²) in [6, 6.07) is 0. The van der Waals surface area contributed by atoms with E-state index in [0.29, 0.717) is 11.7 Å². The SMILES string of the molecule is Cc1c(N)ncnc1N(C)CC1CCCOC1. The van der Waals surface area contributed by atoms with Crippen LogP contribution in [0.3, 0.4) is 0 Å². The molecular weight excluding hydrogens is 216 g/mol. The molecule has 1 aliphatic rings. The first-order valence-electron chi connectivity index (χ1n) is 6.04. The van der Waals surface area contributed by atoms with E-state index < -0.39 is 0 Å². The summed E-state index contributed by atoms with van der Waals surface area (Å²) in [5, 5.41) is 0. The van der Waals surface area contributed by atoms with Crippen LogP contribution < -0.4 is 10.6 Å². The van der Waals surface area contributed by atoms with Gasteiger partial charge < -0.3 is 15.4 Å². The van der Waals surface area contributed by atoms with Crippen LogP contribution in [0.15, 0.2) is 6.33 Å². The van der Waals surface area contributed by atoms with Crippen LogP contribution in [-0.2, 0) is 4.74 Å². The average Bonchev–Trinajstić information content (AvgIpc) is 2.34. The van der Waals surface area contributed by atoms with E-state index >= 15 is 0 Å². The first kappa shape index (κ1) is 12.1. The summed E-state index contributed by atoms with van der Waals surface area (Å²) in [7, 11) is 2.05. The first-order valence-corrected chi connectivity index (χ1v) is 6.04. The van der Waals surface area contributed by atoms with Crippen molar-refractivity contribution < 1.29 is 4.74 Å². The van der Waals surface area contributed by atoms with Gasteiger partial charge in [0.2, 0.25) is 0 Å². The number of hydrogen-bond donors (Lipinski definition) is 1. The smallest absolute Gasteiger partial charge is 0.136 e. The minimum Gasteiger partial charge on any atom is -0.383 e. The van der Waals surface area contributed by atoms with Crippen molar-refractivity contribution in [1.82, 2.24) is 9.97 Å². The summed E-state index contributed by atoms with van der Waals surface area (Å²) in [6.07, 6.45) is 3.90. The van der Waals surface area contributed by atoms with Crippen LogP contribution >= 0.6 is 0 Å². The molecule has 0 aromatic carbocycles. The van der Waals surface area contributed by atoms with Gasteiger partial charge in [0.05, 0.1) is 6.61 Å².